The van der Waals surface area contributed by atoms with Crippen molar-refractivity contribution in [1.82, 2.24) is 10.2 Å². The zero-order chi connectivity index (χ0) is 30.9. The highest BCUT2D eigenvalue weighted by Gasteiger charge is 2.32. The second-order valence-corrected chi connectivity index (χ2v) is 13.2. The summed E-state index contributed by atoms with van der Waals surface area (Å²) in [4.78, 5) is 29.6. The van der Waals surface area contributed by atoms with Crippen molar-refractivity contribution in [3.05, 3.63) is 83.9 Å². The van der Waals surface area contributed by atoms with Crippen LogP contribution in [-0.2, 0) is 26.2 Å². The predicted octanol–water partition coefficient (Wildman–Crippen LogP) is 5.50. The number of carbonyl (C=O) groups is 2. The third-order valence-corrected chi connectivity index (χ3v) is 9.18. The number of nitrogens with zero attached hydrogens (tertiary/aromatic N) is 2. The summed E-state index contributed by atoms with van der Waals surface area (Å²) < 4.78 is 34.7. The Balaban J connectivity index is 2.02. The monoisotopic (exact) mass is 611 g/mol. The Labute approximate surface area is 254 Å². The molecule has 0 fully saturated rings. The topological polar surface area (TPSA) is 96.0 Å². The number of aryl methyl sites for hydroxylation is 1. The standard InChI is InChI=1S/C32H41N3O5S2/c1-7-40-28-13-11-27(12-14-28)35(42(38,39)30-17-15-29(41-6)16-18-30)22-31(36)34(21-26-10-8-9-24(4)19-26)25(5)32(37)33-20-23(2)3/h8-19,23,25H,7,20-22H2,1-6H3,(H,33,37)/t25-/m0/s1. The summed E-state index contributed by atoms with van der Waals surface area (Å²) in [6.45, 7) is 10.1. The van der Waals surface area contributed by atoms with E-state index in [9.17, 15) is 18.0 Å². The normalized spacial score (nSPS) is 12.1. The van der Waals surface area contributed by atoms with E-state index >= 15 is 0 Å². The Bertz CT molecular complexity index is 1440. The number of benzene rings is 3. The van der Waals surface area contributed by atoms with Gasteiger partial charge in [-0.1, -0.05) is 43.7 Å². The largest absolute Gasteiger partial charge is 0.494 e. The molecular formula is C32H41N3O5S2. The van der Waals surface area contributed by atoms with E-state index < -0.39 is 28.5 Å². The van der Waals surface area contributed by atoms with Crippen LogP contribution in [0, 0.1) is 12.8 Å². The molecule has 0 radical (unpaired) electrons. The van der Waals surface area contributed by atoms with Gasteiger partial charge in [-0.15, -0.1) is 11.8 Å². The quantitative estimate of drug-likeness (QED) is 0.242. The molecule has 0 bridgehead atoms. The molecule has 1 N–H and O–H groups in total. The number of thioether (sulfide) groups is 1. The Kier molecular flexibility index (Phi) is 11.9. The molecule has 0 aliphatic heterocycles. The van der Waals surface area contributed by atoms with Crippen molar-refractivity contribution in [2.75, 3.05) is 30.3 Å². The number of hydrogen-bond donors (Lipinski definition) is 1. The number of nitrogens with one attached hydrogen (secondary N) is 1. The van der Waals surface area contributed by atoms with Gasteiger partial charge < -0.3 is 15.0 Å². The fourth-order valence-corrected chi connectivity index (χ4v) is 6.14. The van der Waals surface area contributed by atoms with Gasteiger partial charge >= 0.3 is 0 Å². The average Bonchev–Trinajstić information content (AvgIpc) is 2.97. The van der Waals surface area contributed by atoms with Gasteiger partial charge in [0.1, 0.15) is 18.3 Å². The van der Waals surface area contributed by atoms with Crippen molar-refractivity contribution in [3.63, 3.8) is 0 Å². The van der Waals surface area contributed by atoms with Gasteiger partial charge in [-0.25, -0.2) is 8.42 Å². The van der Waals surface area contributed by atoms with Crippen molar-refractivity contribution >= 4 is 39.3 Å². The van der Waals surface area contributed by atoms with Gasteiger partial charge in [0.05, 0.1) is 17.2 Å². The van der Waals surface area contributed by atoms with Crippen molar-refractivity contribution < 1.29 is 22.7 Å². The molecule has 0 aliphatic carbocycles. The zero-order valence-electron chi connectivity index (χ0n) is 25.2. The van der Waals surface area contributed by atoms with E-state index in [0.717, 1.165) is 20.3 Å². The minimum Gasteiger partial charge on any atom is -0.494 e. The van der Waals surface area contributed by atoms with Crippen molar-refractivity contribution in [3.8, 4) is 5.75 Å². The first-order valence-electron chi connectivity index (χ1n) is 14.0. The van der Waals surface area contributed by atoms with Crippen LogP contribution in [0.4, 0.5) is 5.69 Å². The first-order valence-corrected chi connectivity index (χ1v) is 16.6. The molecule has 8 nitrogen and oxygen atoms in total. The first kappa shape index (κ1) is 33.0. The summed E-state index contributed by atoms with van der Waals surface area (Å²) in [6.07, 6.45) is 1.91. The maximum atomic E-state index is 14.1. The number of amides is 2. The van der Waals surface area contributed by atoms with Crippen molar-refractivity contribution in [1.29, 1.82) is 0 Å². The molecule has 0 unspecified atom stereocenters. The molecule has 3 aromatic rings. The third-order valence-electron chi connectivity index (χ3n) is 6.65. The molecule has 10 heteroatoms. The van der Waals surface area contributed by atoms with Crippen molar-refractivity contribution in [2.45, 2.75) is 57.0 Å². The smallest absolute Gasteiger partial charge is 0.264 e. The Hall–Kier alpha value is -3.50. The number of anilines is 1. The van der Waals surface area contributed by atoms with Crippen molar-refractivity contribution in [2.24, 2.45) is 5.92 Å². The maximum absolute atomic E-state index is 14.1. The van der Waals surface area contributed by atoms with E-state index in [1.165, 1.54) is 16.7 Å². The van der Waals surface area contributed by atoms with E-state index in [0.29, 0.717) is 24.6 Å². The van der Waals surface area contributed by atoms with Crippen LogP contribution in [0.25, 0.3) is 0 Å². The Morgan fingerprint density at radius 1 is 0.976 bits per heavy atom. The highest BCUT2D eigenvalue weighted by molar-refractivity contribution is 7.98. The lowest BCUT2D eigenvalue weighted by Gasteiger charge is -2.32. The lowest BCUT2D eigenvalue weighted by Crippen LogP contribution is -2.51. The van der Waals surface area contributed by atoms with E-state index in [1.807, 2.05) is 58.2 Å². The van der Waals surface area contributed by atoms with Gasteiger partial charge in [0.2, 0.25) is 11.8 Å². The van der Waals surface area contributed by atoms with Gasteiger partial charge in [-0.3, -0.25) is 13.9 Å². The van der Waals surface area contributed by atoms with E-state index in [-0.39, 0.29) is 23.3 Å². The van der Waals surface area contributed by atoms with Gasteiger partial charge in [-0.2, -0.15) is 0 Å². The molecule has 0 saturated carbocycles. The summed E-state index contributed by atoms with van der Waals surface area (Å²) in [5.41, 5.74) is 2.17. The van der Waals surface area contributed by atoms with E-state index in [2.05, 4.69) is 5.32 Å². The van der Waals surface area contributed by atoms with Gasteiger partial charge in [0.25, 0.3) is 10.0 Å². The molecule has 0 saturated heterocycles. The minimum absolute atomic E-state index is 0.0648. The highest BCUT2D eigenvalue weighted by Crippen LogP contribution is 2.28. The van der Waals surface area contributed by atoms with Crippen LogP contribution in [-0.4, -0.2) is 57.1 Å². The SMILES string of the molecule is CCOc1ccc(N(CC(=O)N(Cc2cccc(C)c2)[C@@H](C)C(=O)NCC(C)C)S(=O)(=O)c2ccc(SC)cc2)cc1. The molecule has 0 aromatic heterocycles. The van der Waals surface area contributed by atoms with Gasteiger partial charge in [-0.05, 0) is 87.0 Å². The first-order chi connectivity index (χ1) is 20.0. The Morgan fingerprint density at radius 2 is 1.64 bits per heavy atom. The molecule has 226 valence electrons. The fraction of sp³-hybridized carbons (Fsp3) is 0.375. The second-order valence-electron chi connectivity index (χ2n) is 10.4. The highest BCUT2D eigenvalue weighted by atomic mass is 32.2. The van der Waals surface area contributed by atoms with Gasteiger partial charge in [0, 0.05) is 18.0 Å². The van der Waals surface area contributed by atoms with Crippen LogP contribution < -0.4 is 14.4 Å². The van der Waals surface area contributed by atoms with E-state index in [1.54, 1.807) is 55.5 Å². The molecule has 42 heavy (non-hydrogen) atoms. The third kappa shape index (κ3) is 8.75. The molecule has 0 heterocycles. The summed E-state index contributed by atoms with van der Waals surface area (Å²) in [6, 6.07) is 20.0. The van der Waals surface area contributed by atoms with Crippen LogP contribution in [0.15, 0.2) is 82.6 Å². The second kappa shape index (κ2) is 15.1. The molecule has 0 spiro atoms. The molecular weight excluding hydrogens is 571 g/mol. The molecule has 3 rings (SSSR count). The number of ether oxygens (including phenoxy) is 1. The molecule has 3 aromatic carbocycles. The molecule has 0 aliphatic rings. The van der Waals surface area contributed by atoms with Crippen LogP contribution in [0.1, 0.15) is 38.8 Å². The number of carbonyl (C=O) groups excluding carboxylic acids is 2. The summed E-state index contributed by atoms with van der Waals surface area (Å²) in [7, 11) is -4.14. The number of rotatable bonds is 14. The summed E-state index contributed by atoms with van der Waals surface area (Å²) in [5, 5.41) is 2.90. The lowest BCUT2D eigenvalue weighted by molar-refractivity contribution is -0.139. The zero-order valence-corrected chi connectivity index (χ0v) is 26.8. The number of sulfonamides is 1. The minimum atomic E-state index is -4.14. The molecule has 1 atom stereocenters. The maximum Gasteiger partial charge on any atom is 0.264 e. The average molecular weight is 612 g/mol. The van der Waals surface area contributed by atoms with E-state index in [4.69, 9.17) is 4.74 Å². The van der Waals surface area contributed by atoms with Crippen LogP contribution in [0.5, 0.6) is 5.75 Å². The summed E-state index contributed by atoms with van der Waals surface area (Å²) >= 11 is 1.51. The van der Waals surface area contributed by atoms with Gasteiger partial charge in [0.15, 0.2) is 0 Å². The van der Waals surface area contributed by atoms with Crippen LogP contribution in [0.3, 0.4) is 0 Å². The fourth-order valence-electron chi connectivity index (χ4n) is 4.32. The predicted molar refractivity (Wildman–Crippen MR) is 169 cm³/mol. The number of hydrogen-bond acceptors (Lipinski definition) is 6. The lowest BCUT2D eigenvalue weighted by atomic mass is 10.1. The van der Waals surface area contributed by atoms with Crippen LogP contribution >= 0.6 is 11.8 Å². The summed E-state index contributed by atoms with van der Waals surface area (Å²) in [5.74, 6) is 0.0281. The molecule has 2 amide bonds. The Morgan fingerprint density at radius 3 is 2.21 bits per heavy atom. The van der Waals surface area contributed by atoms with Crippen LogP contribution in [0.2, 0.25) is 0 Å².